The van der Waals surface area contributed by atoms with E-state index in [0.29, 0.717) is 0 Å². The molecule has 2 fully saturated rings. The number of hydrogen-bond donors (Lipinski definition) is 1. The monoisotopic (exact) mass is 147 g/mol. The molecule has 0 amide bonds. The van der Waals surface area contributed by atoms with Crippen LogP contribution in [0.1, 0.15) is 25.7 Å². The summed E-state index contributed by atoms with van der Waals surface area (Å²) in [6.45, 7) is 0. The maximum absolute atomic E-state index is 4.12. The van der Waals surface area contributed by atoms with E-state index in [9.17, 15) is 0 Å². The zero-order valence-corrected chi connectivity index (χ0v) is 6.40. The normalized spacial score (nSPS) is 47.0. The Labute approximate surface area is 62.4 Å². The lowest BCUT2D eigenvalue weighted by molar-refractivity contribution is -0.431. The van der Waals surface area contributed by atoms with Crippen LogP contribution in [0.15, 0.2) is 0 Å². The van der Waals surface area contributed by atoms with E-state index in [4.69, 9.17) is 0 Å². The van der Waals surface area contributed by atoms with Gasteiger partial charge in [-0.3, -0.25) is 0 Å². The third-order valence-corrected chi connectivity index (χ3v) is 2.88. The Hall–Kier alpha value is 0.250. The fraction of sp³-hybridized carbons (Fsp3) is 1.00. The zero-order chi connectivity index (χ0) is 5.56. The summed E-state index contributed by atoms with van der Waals surface area (Å²) in [6.07, 6.45) is 5.94. The van der Waals surface area contributed by atoms with Gasteiger partial charge in [-0.1, -0.05) is 0 Å². The molecule has 2 bridgehead atoms. The highest BCUT2D eigenvalue weighted by atomic mass is 35.5. The fourth-order valence-corrected chi connectivity index (χ4v) is 2.38. The Morgan fingerprint density at radius 3 is 2.11 bits per heavy atom. The van der Waals surface area contributed by atoms with Crippen LogP contribution in [0.4, 0.5) is 0 Å². The molecule has 3 atom stereocenters. The van der Waals surface area contributed by atoms with E-state index in [0.717, 1.165) is 17.9 Å². The first-order valence-electron chi connectivity index (χ1n) is 3.69. The number of fused-ring (bicyclic) bond motifs is 2. The van der Waals surface area contributed by atoms with Crippen molar-refractivity contribution in [3.05, 3.63) is 0 Å². The standard InChI is InChI=1S/C7H13N.ClH/c8-7-4-5-1-2-6(7)3-5;/h5-7H,1-4,8H2;1H. The smallest absolute Gasteiger partial charge is 0.0874 e. The Kier molecular flexibility index (Phi) is 2.02. The van der Waals surface area contributed by atoms with E-state index in [-0.39, 0.29) is 12.4 Å². The number of hydrogen-bond acceptors (Lipinski definition) is 0. The first kappa shape index (κ1) is 7.36. The highest BCUT2D eigenvalue weighted by molar-refractivity contribution is 4.88. The largest absolute Gasteiger partial charge is 1.00 e. The molecule has 0 spiro atoms. The van der Waals surface area contributed by atoms with Gasteiger partial charge in [-0.05, 0) is 25.2 Å². The maximum atomic E-state index is 4.12. The van der Waals surface area contributed by atoms with Gasteiger partial charge in [0.25, 0.3) is 0 Å². The van der Waals surface area contributed by atoms with Crippen molar-refractivity contribution in [2.75, 3.05) is 0 Å². The molecule has 3 unspecified atom stereocenters. The summed E-state index contributed by atoms with van der Waals surface area (Å²) in [7, 11) is 0. The van der Waals surface area contributed by atoms with Crippen LogP contribution in [-0.2, 0) is 0 Å². The quantitative estimate of drug-likeness (QED) is 0.390. The van der Waals surface area contributed by atoms with Gasteiger partial charge in [0.2, 0.25) is 0 Å². The van der Waals surface area contributed by atoms with Crippen LogP contribution in [0, 0.1) is 11.8 Å². The lowest BCUT2D eigenvalue weighted by Crippen LogP contribution is -3.00. The van der Waals surface area contributed by atoms with Crippen molar-refractivity contribution in [3.63, 3.8) is 0 Å². The third-order valence-electron chi connectivity index (χ3n) is 2.88. The third kappa shape index (κ3) is 1.08. The van der Waals surface area contributed by atoms with Crippen molar-refractivity contribution in [1.29, 1.82) is 0 Å². The molecule has 2 aliphatic carbocycles. The van der Waals surface area contributed by atoms with Crippen LogP contribution in [0.25, 0.3) is 0 Å². The summed E-state index contributed by atoms with van der Waals surface area (Å²) in [5.74, 6) is 2.11. The summed E-state index contributed by atoms with van der Waals surface area (Å²) < 4.78 is 0. The molecular weight excluding hydrogens is 134 g/mol. The molecule has 2 heteroatoms. The van der Waals surface area contributed by atoms with E-state index in [2.05, 4.69) is 5.73 Å². The Morgan fingerprint density at radius 2 is 1.89 bits per heavy atom. The summed E-state index contributed by atoms with van der Waals surface area (Å²) in [5, 5.41) is 0. The predicted molar refractivity (Wildman–Crippen MR) is 32.1 cm³/mol. The Morgan fingerprint density at radius 1 is 1.11 bits per heavy atom. The van der Waals surface area contributed by atoms with Crippen LogP contribution in [0.2, 0.25) is 0 Å². The molecule has 0 radical (unpaired) electrons. The second kappa shape index (κ2) is 2.47. The van der Waals surface area contributed by atoms with E-state index >= 15 is 0 Å². The molecule has 0 aromatic carbocycles. The molecule has 2 rings (SSSR count). The molecule has 0 aromatic rings. The average molecular weight is 148 g/mol. The maximum Gasteiger partial charge on any atom is 0.0874 e. The lowest BCUT2D eigenvalue weighted by Gasteiger charge is -2.12. The average Bonchev–Trinajstić information content (AvgIpc) is 2.23. The molecule has 0 saturated heterocycles. The predicted octanol–water partition coefficient (Wildman–Crippen LogP) is -2.58. The first-order chi connectivity index (χ1) is 3.86. The topological polar surface area (TPSA) is 27.6 Å². The van der Waals surface area contributed by atoms with Gasteiger partial charge in [0.1, 0.15) is 0 Å². The van der Waals surface area contributed by atoms with Gasteiger partial charge >= 0.3 is 0 Å². The van der Waals surface area contributed by atoms with Gasteiger partial charge < -0.3 is 18.1 Å². The molecule has 2 aliphatic rings. The molecular formula is C7H14ClN. The van der Waals surface area contributed by atoms with Crippen LogP contribution < -0.4 is 18.1 Å². The number of rotatable bonds is 0. The fourth-order valence-electron chi connectivity index (χ4n) is 2.38. The summed E-state index contributed by atoms with van der Waals surface area (Å²) >= 11 is 0. The van der Waals surface area contributed by atoms with Crippen molar-refractivity contribution in [1.82, 2.24) is 0 Å². The zero-order valence-electron chi connectivity index (χ0n) is 5.65. The van der Waals surface area contributed by atoms with E-state index < -0.39 is 0 Å². The van der Waals surface area contributed by atoms with E-state index in [1.54, 1.807) is 0 Å². The summed E-state index contributed by atoms with van der Waals surface area (Å²) in [6, 6.07) is 0.828. The highest BCUT2D eigenvalue weighted by Crippen LogP contribution is 2.42. The van der Waals surface area contributed by atoms with Gasteiger partial charge in [-0.15, -0.1) is 0 Å². The van der Waals surface area contributed by atoms with Crippen molar-refractivity contribution in [3.8, 4) is 0 Å². The van der Waals surface area contributed by atoms with Gasteiger partial charge in [-0.2, -0.15) is 0 Å². The van der Waals surface area contributed by atoms with Crippen molar-refractivity contribution < 1.29 is 18.1 Å². The summed E-state index contributed by atoms with van der Waals surface area (Å²) in [5.41, 5.74) is 4.12. The van der Waals surface area contributed by atoms with Crippen molar-refractivity contribution in [2.45, 2.75) is 31.7 Å². The van der Waals surface area contributed by atoms with Gasteiger partial charge in [0.05, 0.1) is 6.04 Å². The van der Waals surface area contributed by atoms with Crippen LogP contribution in [-0.4, -0.2) is 6.04 Å². The van der Waals surface area contributed by atoms with Gasteiger partial charge in [0.15, 0.2) is 0 Å². The minimum absolute atomic E-state index is 0. The van der Waals surface area contributed by atoms with Crippen LogP contribution >= 0.6 is 0 Å². The first-order valence-corrected chi connectivity index (χ1v) is 3.69. The molecule has 9 heavy (non-hydrogen) atoms. The molecule has 1 nitrogen and oxygen atoms in total. The van der Waals surface area contributed by atoms with Crippen LogP contribution in [0.5, 0.6) is 0 Å². The molecule has 3 N–H and O–H groups in total. The second-order valence-electron chi connectivity index (χ2n) is 3.43. The Balaban J connectivity index is 0.000000405. The van der Waals surface area contributed by atoms with Crippen molar-refractivity contribution in [2.24, 2.45) is 11.8 Å². The SMILES string of the molecule is [Cl-].[NH3+]C1CC2CCC1C2. The Bertz CT molecular complexity index is 103. The lowest BCUT2D eigenvalue weighted by atomic mass is 9.96. The number of quaternary nitrogens is 1. The molecule has 0 aliphatic heterocycles. The molecule has 54 valence electrons. The molecule has 0 aromatic heterocycles. The minimum atomic E-state index is 0. The summed E-state index contributed by atoms with van der Waals surface area (Å²) in [4.78, 5) is 0. The van der Waals surface area contributed by atoms with Crippen LogP contribution in [0.3, 0.4) is 0 Å². The van der Waals surface area contributed by atoms with Gasteiger partial charge in [0, 0.05) is 12.3 Å². The molecule has 2 saturated carbocycles. The number of halogens is 1. The molecule has 0 heterocycles. The second-order valence-corrected chi connectivity index (χ2v) is 3.43. The van der Waals surface area contributed by atoms with E-state index in [1.165, 1.54) is 25.7 Å². The van der Waals surface area contributed by atoms with Gasteiger partial charge in [-0.25, -0.2) is 0 Å². The minimum Gasteiger partial charge on any atom is -1.00 e. The highest BCUT2D eigenvalue weighted by Gasteiger charge is 2.39. The van der Waals surface area contributed by atoms with Crippen molar-refractivity contribution >= 4 is 0 Å². The van der Waals surface area contributed by atoms with E-state index in [1.807, 2.05) is 0 Å².